The van der Waals surface area contributed by atoms with E-state index in [1.54, 1.807) is 10.9 Å². The fraction of sp³-hybridized carbons (Fsp3) is 0.207. The number of nitrogens with one attached hydrogen (secondary N) is 1. The van der Waals surface area contributed by atoms with Crippen LogP contribution in [0, 0.1) is 6.92 Å². The van der Waals surface area contributed by atoms with Gasteiger partial charge in [-0.3, -0.25) is 4.79 Å². The maximum absolute atomic E-state index is 9.47. The number of aromatic nitrogens is 7. The first-order valence-corrected chi connectivity index (χ1v) is 13.0. The van der Waals surface area contributed by atoms with E-state index < -0.39 is 5.91 Å². The number of nitrogens with two attached hydrogens (primary N) is 1. The molecule has 1 amide bonds. The van der Waals surface area contributed by atoms with E-state index in [2.05, 4.69) is 60.8 Å². The van der Waals surface area contributed by atoms with Crippen molar-refractivity contribution in [2.24, 2.45) is 12.8 Å². The van der Waals surface area contributed by atoms with Crippen molar-refractivity contribution in [2.45, 2.75) is 20.3 Å². The van der Waals surface area contributed by atoms with Crippen molar-refractivity contribution in [3.63, 3.8) is 0 Å². The number of anilines is 3. The molecule has 0 saturated carbocycles. The third-order valence-corrected chi connectivity index (χ3v) is 6.53. The minimum Gasteiger partial charge on any atom is -0.457 e. The van der Waals surface area contributed by atoms with Gasteiger partial charge in [-0.25, -0.2) is 24.6 Å². The molecular weight excluding hydrogens is 520 g/mol. The van der Waals surface area contributed by atoms with Crippen LogP contribution in [0.15, 0.2) is 73.2 Å². The zero-order chi connectivity index (χ0) is 28.9. The molecule has 12 nitrogen and oxygen atoms in total. The second kappa shape index (κ2) is 11.8. The summed E-state index contributed by atoms with van der Waals surface area (Å²) in [6.45, 7) is 8.95. The lowest BCUT2D eigenvalue weighted by Crippen LogP contribution is -2.29. The van der Waals surface area contributed by atoms with E-state index in [4.69, 9.17) is 9.72 Å². The Morgan fingerprint density at radius 3 is 2.68 bits per heavy atom. The van der Waals surface area contributed by atoms with Gasteiger partial charge < -0.3 is 20.7 Å². The number of primary amides is 1. The molecule has 0 saturated heterocycles. The summed E-state index contributed by atoms with van der Waals surface area (Å²) < 4.78 is 7.87. The van der Waals surface area contributed by atoms with E-state index in [0.717, 1.165) is 53.6 Å². The summed E-state index contributed by atoms with van der Waals surface area (Å²) in [7, 11) is 1.87. The summed E-state index contributed by atoms with van der Waals surface area (Å²) in [4.78, 5) is 29.8. The van der Waals surface area contributed by atoms with Gasteiger partial charge in [-0.1, -0.05) is 23.4 Å². The van der Waals surface area contributed by atoms with Crippen LogP contribution in [0.5, 0.6) is 11.5 Å². The number of fused-ring (bicyclic) bond motifs is 2. The molecule has 41 heavy (non-hydrogen) atoms. The summed E-state index contributed by atoms with van der Waals surface area (Å²) >= 11 is 0. The number of ether oxygens (including phenoxy) is 1. The number of carbonyl (C=O) groups is 1. The van der Waals surface area contributed by atoms with E-state index in [-0.39, 0.29) is 0 Å². The second-order valence-electron chi connectivity index (χ2n) is 9.55. The maximum Gasteiger partial charge on any atom is 0.240 e. The first kappa shape index (κ1) is 27.2. The average molecular weight is 551 g/mol. The van der Waals surface area contributed by atoms with Gasteiger partial charge in [-0.05, 0) is 62.2 Å². The van der Waals surface area contributed by atoms with E-state index in [1.165, 1.54) is 11.9 Å². The Morgan fingerprint density at radius 1 is 1.12 bits per heavy atom. The lowest BCUT2D eigenvalue weighted by molar-refractivity contribution is -0.113. The number of benzene rings is 2. The molecule has 208 valence electrons. The van der Waals surface area contributed by atoms with Gasteiger partial charge in [0, 0.05) is 31.9 Å². The number of amides is 1. The van der Waals surface area contributed by atoms with Gasteiger partial charge in [-0.15, -0.1) is 5.10 Å². The monoisotopic (exact) mass is 550 g/mol. The van der Waals surface area contributed by atoms with Crippen LogP contribution < -0.4 is 20.7 Å². The molecule has 0 bridgehead atoms. The molecule has 1 aliphatic heterocycles. The highest BCUT2D eigenvalue weighted by Crippen LogP contribution is 2.31. The minimum absolute atomic E-state index is 0.481. The Hall–Kier alpha value is -5.39. The summed E-state index contributed by atoms with van der Waals surface area (Å²) in [6, 6.07) is 11.7. The molecule has 1 aliphatic rings. The molecule has 0 fully saturated rings. The van der Waals surface area contributed by atoms with Gasteiger partial charge in [0.2, 0.25) is 11.9 Å². The first-order chi connectivity index (χ1) is 19.8. The number of nitrogens with zero attached hydrogens (tertiary/aromatic N) is 8. The molecule has 5 aromatic rings. The minimum atomic E-state index is -0.481. The number of aryl methyl sites for hydroxylation is 2. The predicted octanol–water partition coefficient (Wildman–Crippen LogP) is 4.36. The third-order valence-electron chi connectivity index (χ3n) is 6.53. The Morgan fingerprint density at radius 2 is 1.95 bits per heavy atom. The normalized spacial score (nSPS) is 12.9. The zero-order valence-corrected chi connectivity index (χ0v) is 23.1. The topological polar surface area (TPSA) is 150 Å². The van der Waals surface area contributed by atoms with Crippen LogP contribution in [0.4, 0.5) is 17.5 Å². The van der Waals surface area contributed by atoms with E-state index >= 15 is 0 Å². The number of carbonyl (C=O) groups excluding carboxylic acids is 1. The van der Waals surface area contributed by atoms with Crippen LogP contribution in [0.3, 0.4) is 0 Å². The zero-order valence-electron chi connectivity index (χ0n) is 23.1. The molecule has 0 radical (unpaired) electrons. The SMILES string of the molecule is C=CC(N)=O.CC1=CCN(c2ncc3ncnc(Nc4ccc(Oc5ccc6c(c5)nnn6C)c(C)c4)c3n2)CC1. The molecule has 4 heterocycles. The lowest BCUT2D eigenvalue weighted by Gasteiger charge is -2.25. The Bertz CT molecular complexity index is 1780. The van der Waals surface area contributed by atoms with Crippen LogP contribution in [-0.2, 0) is 11.8 Å². The van der Waals surface area contributed by atoms with Crippen LogP contribution in [0.25, 0.3) is 22.1 Å². The molecule has 3 N–H and O–H groups in total. The highest BCUT2D eigenvalue weighted by atomic mass is 16.5. The smallest absolute Gasteiger partial charge is 0.240 e. The van der Waals surface area contributed by atoms with Crippen LogP contribution in [-0.4, -0.2) is 53.9 Å². The summed E-state index contributed by atoms with van der Waals surface area (Å²) in [5, 5.41) is 11.6. The summed E-state index contributed by atoms with van der Waals surface area (Å²) in [6.07, 6.45) is 7.56. The van der Waals surface area contributed by atoms with Gasteiger partial charge in [0.1, 0.15) is 34.4 Å². The Labute approximate surface area is 236 Å². The molecule has 6 rings (SSSR count). The standard InChI is InChI=1S/C26H25N9O.C3H5NO/c1-16-8-10-35(11-9-16)26-27-14-21-24(31-26)25(29-15-28-21)30-18-4-7-23(17(2)12-18)36-19-5-6-22-20(13-19)32-33-34(22)3;1-2-3(4)5/h4-8,12-15H,9-11H2,1-3H3,(H,28,29,30);2H,1H2,(H2,4,5). The highest BCUT2D eigenvalue weighted by molar-refractivity contribution is 5.87. The fourth-order valence-corrected chi connectivity index (χ4v) is 4.23. The first-order valence-electron chi connectivity index (χ1n) is 13.0. The third kappa shape index (κ3) is 6.27. The van der Waals surface area contributed by atoms with Crippen molar-refractivity contribution >= 4 is 45.4 Å². The van der Waals surface area contributed by atoms with E-state index in [0.29, 0.717) is 28.5 Å². The maximum atomic E-state index is 9.47. The highest BCUT2D eigenvalue weighted by Gasteiger charge is 2.16. The second-order valence-corrected chi connectivity index (χ2v) is 9.55. The average Bonchev–Trinajstić information content (AvgIpc) is 3.35. The van der Waals surface area contributed by atoms with Crippen molar-refractivity contribution < 1.29 is 9.53 Å². The van der Waals surface area contributed by atoms with E-state index in [9.17, 15) is 4.79 Å². The molecule has 0 atom stereocenters. The van der Waals surface area contributed by atoms with Crippen molar-refractivity contribution in [2.75, 3.05) is 23.3 Å². The van der Waals surface area contributed by atoms with Crippen molar-refractivity contribution in [3.05, 3.63) is 78.8 Å². The Kier molecular flexibility index (Phi) is 7.81. The molecule has 2 aromatic carbocycles. The van der Waals surface area contributed by atoms with Crippen molar-refractivity contribution in [1.82, 2.24) is 34.9 Å². The van der Waals surface area contributed by atoms with Crippen molar-refractivity contribution in [1.29, 1.82) is 0 Å². The molecular formula is C29H30N10O2. The molecule has 0 spiro atoms. The number of hydrogen-bond acceptors (Lipinski definition) is 10. The fourth-order valence-electron chi connectivity index (χ4n) is 4.23. The van der Waals surface area contributed by atoms with Crippen LogP contribution in [0.1, 0.15) is 18.9 Å². The van der Waals surface area contributed by atoms with Crippen LogP contribution >= 0.6 is 0 Å². The number of rotatable bonds is 6. The Balaban J connectivity index is 0.000000623. The predicted molar refractivity (Wildman–Crippen MR) is 158 cm³/mol. The molecule has 0 aliphatic carbocycles. The van der Waals surface area contributed by atoms with Gasteiger partial charge in [0.15, 0.2) is 5.82 Å². The number of hydrogen-bond donors (Lipinski definition) is 2. The van der Waals surface area contributed by atoms with Gasteiger partial charge in [-0.2, -0.15) is 0 Å². The van der Waals surface area contributed by atoms with Crippen molar-refractivity contribution in [3.8, 4) is 11.5 Å². The quantitative estimate of drug-likeness (QED) is 0.231. The van der Waals surface area contributed by atoms with Gasteiger partial charge >= 0.3 is 0 Å². The van der Waals surface area contributed by atoms with Gasteiger partial charge in [0.25, 0.3) is 0 Å². The molecule has 0 unspecified atom stereocenters. The lowest BCUT2D eigenvalue weighted by atomic mass is 10.1. The molecule has 12 heteroatoms. The summed E-state index contributed by atoms with van der Waals surface area (Å²) in [5.41, 5.74) is 10.9. The van der Waals surface area contributed by atoms with E-state index in [1.807, 2.05) is 50.4 Å². The molecule has 3 aromatic heterocycles. The van der Waals surface area contributed by atoms with Gasteiger partial charge in [0.05, 0.1) is 11.7 Å². The van der Waals surface area contributed by atoms with Crippen LogP contribution in [0.2, 0.25) is 0 Å². The largest absolute Gasteiger partial charge is 0.457 e. The summed E-state index contributed by atoms with van der Waals surface area (Å²) in [5.74, 6) is 2.30.